The van der Waals surface area contributed by atoms with Crippen LogP contribution in [0.25, 0.3) is 5.78 Å². The Balaban J connectivity index is 1.87. The average Bonchev–Trinajstić information content (AvgIpc) is 3.16. The Kier molecular flexibility index (Phi) is 3.48. The maximum atomic E-state index is 12.8. The van der Waals surface area contributed by atoms with Gasteiger partial charge in [-0.15, -0.1) is 5.10 Å². The fourth-order valence-electron chi connectivity index (χ4n) is 3.10. The summed E-state index contributed by atoms with van der Waals surface area (Å²) < 4.78 is 3.45. The van der Waals surface area contributed by atoms with E-state index in [4.69, 9.17) is 0 Å². The Labute approximate surface area is 139 Å². The lowest BCUT2D eigenvalue weighted by atomic mass is 10.1. The number of hydrogen-bond acceptors (Lipinski definition) is 5. The SMILES string of the molecule is CCCn1c(=O)c2c(n3nc(Cc4ccccc4)nc13)NC(C)N2. The van der Waals surface area contributed by atoms with Crippen LogP contribution in [-0.4, -0.2) is 25.3 Å². The second kappa shape index (κ2) is 5.67. The number of anilines is 2. The number of aromatic nitrogens is 4. The van der Waals surface area contributed by atoms with Crippen LogP contribution in [-0.2, 0) is 13.0 Å². The van der Waals surface area contributed by atoms with Crippen molar-refractivity contribution in [3.63, 3.8) is 0 Å². The van der Waals surface area contributed by atoms with Gasteiger partial charge in [0.1, 0.15) is 5.69 Å². The van der Waals surface area contributed by atoms with Crippen molar-refractivity contribution in [3.05, 3.63) is 52.1 Å². The summed E-state index contributed by atoms with van der Waals surface area (Å²) in [5.41, 5.74) is 1.67. The van der Waals surface area contributed by atoms with Crippen molar-refractivity contribution in [2.45, 2.75) is 39.4 Å². The molecule has 1 atom stereocenters. The van der Waals surface area contributed by atoms with Gasteiger partial charge in [-0.05, 0) is 18.9 Å². The van der Waals surface area contributed by atoms with E-state index in [1.807, 2.05) is 32.0 Å². The minimum Gasteiger partial charge on any atom is -0.358 e. The quantitative estimate of drug-likeness (QED) is 0.768. The van der Waals surface area contributed by atoms with Gasteiger partial charge in [-0.2, -0.15) is 9.50 Å². The summed E-state index contributed by atoms with van der Waals surface area (Å²) in [5.74, 6) is 2.00. The van der Waals surface area contributed by atoms with E-state index in [0.717, 1.165) is 12.0 Å². The van der Waals surface area contributed by atoms with E-state index in [-0.39, 0.29) is 11.7 Å². The number of rotatable bonds is 4. The Morgan fingerprint density at radius 2 is 2.00 bits per heavy atom. The molecule has 124 valence electrons. The molecule has 3 aromatic rings. The fourth-order valence-corrected chi connectivity index (χ4v) is 3.10. The normalized spacial score (nSPS) is 16.0. The third kappa shape index (κ3) is 2.33. The maximum absolute atomic E-state index is 12.8. The minimum atomic E-state index is -0.0464. The Morgan fingerprint density at radius 3 is 2.75 bits per heavy atom. The summed E-state index contributed by atoms with van der Waals surface area (Å²) in [4.78, 5) is 17.4. The molecule has 24 heavy (non-hydrogen) atoms. The molecule has 0 amide bonds. The number of hydrogen-bond donors (Lipinski definition) is 2. The highest BCUT2D eigenvalue weighted by molar-refractivity contribution is 5.72. The molecule has 1 aliphatic heterocycles. The largest absolute Gasteiger partial charge is 0.358 e. The van der Waals surface area contributed by atoms with Crippen LogP contribution in [0.3, 0.4) is 0 Å². The zero-order valence-electron chi connectivity index (χ0n) is 13.8. The summed E-state index contributed by atoms with van der Waals surface area (Å²) in [7, 11) is 0. The Bertz CT molecular complexity index is 943. The molecule has 0 saturated carbocycles. The molecule has 0 bridgehead atoms. The monoisotopic (exact) mass is 324 g/mol. The smallest absolute Gasteiger partial charge is 0.280 e. The zero-order chi connectivity index (χ0) is 16.7. The Morgan fingerprint density at radius 1 is 1.21 bits per heavy atom. The van der Waals surface area contributed by atoms with Gasteiger partial charge < -0.3 is 10.6 Å². The second-order valence-electron chi connectivity index (χ2n) is 6.09. The first-order valence-electron chi connectivity index (χ1n) is 8.27. The second-order valence-corrected chi connectivity index (χ2v) is 6.09. The lowest BCUT2D eigenvalue weighted by molar-refractivity contribution is 0.656. The zero-order valence-corrected chi connectivity index (χ0v) is 13.8. The highest BCUT2D eigenvalue weighted by atomic mass is 16.1. The number of nitrogens with zero attached hydrogens (tertiary/aromatic N) is 4. The van der Waals surface area contributed by atoms with Gasteiger partial charge in [-0.3, -0.25) is 9.36 Å². The van der Waals surface area contributed by atoms with Gasteiger partial charge in [0.05, 0.1) is 6.17 Å². The predicted octanol–water partition coefficient (Wildman–Crippen LogP) is 2.08. The van der Waals surface area contributed by atoms with E-state index in [1.165, 1.54) is 0 Å². The maximum Gasteiger partial charge on any atom is 0.280 e. The van der Waals surface area contributed by atoms with Crippen molar-refractivity contribution in [2.24, 2.45) is 0 Å². The minimum absolute atomic E-state index is 0.00449. The predicted molar refractivity (Wildman–Crippen MR) is 93.5 cm³/mol. The highest BCUT2D eigenvalue weighted by Crippen LogP contribution is 2.26. The van der Waals surface area contributed by atoms with E-state index in [2.05, 4.69) is 32.8 Å². The molecule has 1 unspecified atom stereocenters. The van der Waals surface area contributed by atoms with Gasteiger partial charge in [-0.1, -0.05) is 37.3 Å². The molecule has 2 aromatic heterocycles. The van der Waals surface area contributed by atoms with Gasteiger partial charge >= 0.3 is 0 Å². The van der Waals surface area contributed by atoms with Crippen LogP contribution in [0.1, 0.15) is 31.7 Å². The van der Waals surface area contributed by atoms with E-state index >= 15 is 0 Å². The highest BCUT2D eigenvalue weighted by Gasteiger charge is 2.26. The van der Waals surface area contributed by atoms with Gasteiger partial charge in [0.25, 0.3) is 5.56 Å². The van der Waals surface area contributed by atoms with Crippen LogP contribution in [0.5, 0.6) is 0 Å². The van der Waals surface area contributed by atoms with Crippen LogP contribution in [0.15, 0.2) is 35.1 Å². The summed E-state index contributed by atoms with van der Waals surface area (Å²) in [5, 5.41) is 11.1. The summed E-state index contributed by atoms with van der Waals surface area (Å²) in [6.45, 7) is 4.64. The van der Waals surface area contributed by atoms with Gasteiger partial charge in [0.15, 0.2) is 11.6 Å². The lowest BCUT2D eigenvalue weighted by Crippen LogP contribution is -2.25. The molecular weight excluding hydrogens is 304 g/mol. The van der Waals surface area contributed by atoms with Gasteiger partial charge in [0.2, 0.25) is 5.78 Å². The molecule has 0 aliphatic carbocycles. The van der Waals surface area contributed by atoms with E-state index in [1.54, 1.807) is 9.08 Å². The van der Waals surface area contributed by atoms with Crippen LogP contribution >= 0.6 is 0 Å². The van der Waals surface area contributed by atoms with E-state index in [9.17, 15) is 4.79 Å². The number of fused-ring (bicyclic) bond motifs is 3. The third-order valence-corrected chi connectivity index (χ3v) is 4.15. The molecule has 1 aromatic carbocycles. The lowest BCUT2D eigenvalue weighted by Gasteiger charge is -2.08. The van der Waals surface area contributed by atoms with E-state index < -0.39 is 0 Å². The first kappa shape index (κ1) is 14.7. The molecule has 7 heteroatoms. The number of aryl methyl sites for hydroxylation is 1. The molecule has 1 aliphatic rings. The van der Waals surface area contributed by atoms with Gasteiger partial charge in [-0.25, -0.2) is 0 Å². The van der Waals surface area contributed by atoms with Crippen molar-refractivity contribution >= 4 is 17.3 Å². The van der Waals surface area contributed by atoms with Crippen LogP contribution < -0.4 is 16.2 Å². The standard InChI is InChI=1S/C17H20N6O/c1-3-9-22-16(24)14-15(19-11(2)18-14)23-17(22)20-13(21-23)10-12-7-5-4-6-8-12/h4-8,11,18-19H,3,9-10H2,1-2H3. The van der Waals surface area contributed by atoms with Crippen molar-refractivity contribution in [1.82, 2.24) is 19.2 Å². The first-order valence-corrected chi connectivity index (χ1v) is 8.27. The molecule has 0 saturated heterocycles. The molecule has 3 heterocycles. The number of nitrogens with one attached hydrogen (secondary N) is 2. The van der Waals surface area contributed by atoms with Crippen molar-refractivity contribution in [3.8, 4) is 0 Å². The first-order chi connectivity index (χ1) is 11.7. The summed E-state index contributed by atoms with van der Waals surface area (Å²) >= 11 is 0. The molecule has 2 N–H and O–H groups in total. The van der Waals surface area contributed by atoms with Crippen molar-refractivity contribution in [1.29, 1.82) is 0 Å². The van der Waals surface area contributed by atoms with Crippen LogP contribution in [0.2, 0.25) is 0 Å². The van der Waals surface area contributed by atoms with Gasteiger partial charge in [0, 0.05) is 13.0 Å². The number of benzene rings is 1. The van der Waals surface area contributed by atoms with Crippen molar-refractivity contribution in [2.75, 3.05) is 10.6 Å². The Hall–Kier alpha value is -2.83. The fraction of sp³-hybridized carbons (Fsp3) is 0.353. The molecule has 0 fully saturated rings. The van der Waals surface area contributed by atoms with Crippen LogP contribution in [0, 0.1) is 0 Å². The third-order valence-electron chi connectivity index (χ3n) is 4.15. The molecule has 0 radical (unpaired) electrons. The molecule has 7 nitrogen and oxygen atoms in total. The molecule has 4 rings (SSSR count). The summed E-state index contributed by atoms with van der Waals surface area (Å²) in [6.07, 6.45) is 1.49. The van der Waals surface area contributed by atoms with E-state index in [0.29, 0.717) is 36.1 Å². The van der Waals surface area contributed by atoms with Crippen LogP contribution in [0.4, 0.5) is 11.5 Å². The molecule has 0 spiro atoms. The summed E-state index contributed by atoms with van der Waals surface area (Å²) in [6, 6.07) is 10.1. The average molecular weight is 324 g/mol. The topological polar surface area (TPSA) is 76.2 Å². The molecular formula is C17H20N6O. The van der Waals surface area contributed by atoms with Crippen molar-refractivity contribution < 1.29 is 0 Å².